The van der Waals surface area contributed by atoms with Crippen LogP contribution in [0.25, 0.3) is 0 Å². The van der Waals surface area contributed by atoms with E-state index in [4.69, 9.17) is 4.74 Å². The number of carbonyl (C=O) groups is 3. The molecule has 1 saturated heterocycles. The summed E-state index contributed by atoms with van der Waals surface area (Å²) in [4.78, 5) is 36.3. The lowest BCUT2D eigenvalue weighted by Gasteiger charge is -2.13. The Bertz CT molecular complexity index is 580. The second-order valence-corrected chi connectivity index (χ2v) is 5.37. The molecule has 1 fully saturated rings. The zero-order chi connectivity index (χ0) is 15.6. The number of ketones is 1. The summed E-state index contributed by atoms with van der Waals surface area (Å²) in [5.74, 6) is -0.963. The third-order valence-corrected chi connectivity index (χ3v) is 3.27. The van der Waals surface area contributed by atoms with Crippen LogP contribution in [-0.2, 0) is 9.53 Å². The minimum Gasteiger partial charge on any atom is -0.433 e. The molecule has 0 unspecified atom stereocenters. The van der Waals surface area contributed by atoms with Crippen molar-refractivity contribution in [3.63, 3.8) is 0 Å². The number of hydrogen-bond acceptors (Lipinski definition) is 4. The number of rotatable bonds is 5. The molecule has 5 nitrogen and oxygen atoms in total. The summed E-state index contributed by atoms with van der Waals surface area (Å²) in [5, 5.41) is 0. The van der Waals surface area contributed by atoms with Gasteiger partial charge in [0, 0.05) is 18.5 Å². The van der Waals surface area contributed by atoms with Gasteiger partial charge in [0.25, 0.3) is 5.91 Å². The van der Waals surface area contributed by atoms with E-state index in [9.17, 15) is 18.8 Å². The van der Waals surface area contributed by atoms with Crippen LogP contribution in [0.1, 0.15) is 37.0 Å². The van der Waals surface area contributed by atoms with Crippen molar-refractivity contribution < 1.29 is 23.5 Å². The SMILES string of the molecule is CC1(C)OC(=O)N(CCCC(=O)c2ccc(F)cc2)C1=O. The van der Waals surface area contributed by atoms with Gasteiger partial charge in [0.2, 0.25) is 0 Å². The highest BCUT2D eigenvalue weighted by Gasteiger charge is 2.46. The molecule has 0 N–H and O–H groups in total. The van der Waals surface area contributed by atoms with Crippen LogP contribution < -0.4 is 0 Å². The predicted molar refractivity (Wildman–Crippen MR) is 72.2 cm³/mol. The lowest BCUT2D eigenvalue weighted by molar-refractivity contribution is -0.134. The zero-order valence-electron chi connectivity index (χ0n) is 11.9. The van der Waals surface area contributed by atoms with E-state index >= 15 is 0 Å². The average molecular weight is 293 g/mol. The van der Waals surface area contributed by atoms with Crippen LogP contribution in [0.3, 0.4) is 0 Å². The molecular formula is C15H16FNO4. The average Bonchev–Trinajstić information content (AvgIpc) is 2.61. The number of hydrogen-bond donors (Lipinski definition) is 0. The molecule has 1 aliphatic rings. The summed E-state index contributed by atoms with van der Waals surface area (Å²) in [5.41, 5.74) is -0.732. The Hall–Kier alpha value is -2.24. The van der Waals surface area contributed by atoms with Crippen molar-refractivity contribution in [3.8, 4) is 0 Å². The maximum atomic E-state index is 12.8. The Morgan fingerprint density at radius 1 is 1.24 bits per heavy atom. The summed E-state index contributed by atoms with van der Waals surface area (Å²) in [6.45, 7) is 3.18. The van der Waals surface area contributed by atoms with E-state index in [1.165, 1.54) is 38.1 Å². The van der Waals surface area contributed by atoms with E-state index in [1.54, 1.807) is 0 Å². The lowest BCUT2D eigenvalue weighted by atomic mass is 10.1. The lowest BCUT2D eigenvalue weighted by Crippen LogP contribution is -2.36. The van der Waals surface area contributed by atoms with Crippen molar-refractivity contribution >= 4 is 17.8 Å². The highest BCUT2D eigenvalue weighted by atomic mass is 19.1. The number of nitrogens with zero attached hydrogens (tertiary/aromatic N) is 1. The molecule has 1 aromatic rings. The van der Waals surface area contributed by atoms with Gasteiger partial charge in [0.1, 0.15) is 5.82 Å². The van der Waals surface area contributed by atoms with Crippen LogP contribution in [0.4, 0.5) is 9.18 Å². The molecule has 0 saturated carbocycles. The van der Waals surface area contributed by atoms with Gasteiger partial charge in [-0.15, -0.1) is 0 Å². The number of Topliss-reactive ketones (excluding diaryl/α,β-unsaturated/α-hetero) is 1. The predicted octanol–water partition coefficient (Wildman–Crippen LogP) is 2.55. The first kappa shape index (κ1) is 15.2. The Kier molecular flexibility index (Phi) is 4.06. The molecule has 21 heavy (non-hydrogen) atoms. The molecular weight excluding hydrogens is 277 g/mol. The van der Waals surface area contributed by atoms with Crippen molar-refractivity contribution in [2.24, 2.45) is 0 Å². The molecule has 0 radical (unpaired) electrons. The Labute approximate surface area is 121 Å². The van der Waals surface area contributed by atoms with Crippen molar-refractivity contribution in [3.05, 3.63) is 35.6 Å². The van der Waals surface area contributed by atoms with Gasteiger partial charge in [-0.1, -0.05) is 0 Å². The van der Waals surface area contributed by atoms with Crippen LogP contribution in [0.5, 0.6) is 0 Å². The Balaban J connectivity index is 1.87. The highest BCUT2D eigenvalue weighted by molar-refractivity contribution is 6.02. The van der Waals surface area contributed by atoms with E-state index < -0.39 is 23.4 Å². The van der Waals surface area contributed by atoms with Crippen LogP contribution in [-0.4, -0.2) is 34.8 Å². The molecule has 1 aromatic carbocycles. The van der Waals surface area contributed by atoms with E-state index in [1.807, 2.05) is 0 Å². The maximum Gasteiger partial charge on any atom is 0.417 e. The molecule has 2 rings (SSSR count). The maximum absolute atomic E-state index is 12.8. The molecule has 0 atom stereocenters. The molecule has 112 valence electrons. The van der Waals surface area contributed by atoms with Crippen molar-refractivity contribution in [1.82, 2.24) is 4.90 Å². The van der Waals surface area contributed by atoms with Gasteiger partial charge in [-0.3, -0.25) is 9.59 Å². The standard InChI is InChI=1S/C15H16FNO4/c1-15(2)13(19)17(14(20)21-15)9-3-4-12(18)10-5-7-11(16)8-6-10/h5-8H,3-4,9H2,1-2H3. The van der Waals surface area contributed by atoms with Crippen molar-refractivity contribution in [2.45, 2.75) is 32.3 Å². The van der Waals surface area contributed by atoms with Crippen molar-refractivity contribution in [2.75, 3.05) is 6.54 Å². The normalized spacial score (nSPS) is 17.0. The fourth-order valence-electron chi connectivity index (χ4n) is 2.10. The van der Waals surface area contributed by atoms with Crippen LogP contribution >= 0.6 is 0 Å². The first-order chi connectivity index (χ1) is 9.81. The molecule has 0 spiro atoms. The number of halogens is 1. The van der Waals surface area contributed by atoms with E-state index in [2.05, 4.69) is 0 Å². The largest absolute Gasteiger partial charge is 0.433 e. The number of imide groups is 1. The monoisotopic (exact) mass is 293 g/mol. The summed E-state index contributed by atoms with van der Waals surface area (Å²) < 4.78 is 17.7. The summed E-state index contributed by atoms with van der Waals surface area (Å²) in [7, 11) is 0. The van der Waals surface area contributed by atoms with Crippen LogP contribution in [0.2, 0.25) is 0 Å². The van der Waals surface area contributed by atoms with Gasteiger partial charge < -0.3 is 4.74 Å². The first-order valence-electron chi connectivity index (χ1n) is 6.65. The Morgan fingerprint density at radius 3 is 2.38 bits per heavy atom. The molecule has 0 bridgehead atoms. The van der Waals surface area contributed by atoms with Gasteiger partial charge in [-0.05, 0) is 44.5 Å². The summed E-state index contributed by atoms with van der Waals surface area (Å²) in [6, 6.07) is 5.26. The third-order valence-electron chi connectivity index (χ3n) is 3.27. The van der Waals surface area contributed by atoms with E-state index in [0.29, 0.717) is 12.0 Å². The molecule has 6 heteroatoms. The van der Waals surface area contributed by atoms with Gasteiger partial charge in [0.05, 0.1) is 0 Å². The second-order valence-electron chi connectivity index (χ2n) is 5.37. The molecule has 1 aliphatic heterocycles. The summed E-state index contributed by atoms with van der Waals surface area (Å²) >= 11 is 0. The van der Waals surface area contributed by atoms with Gasteiger partial charge in [0.15, 0.2) is 11.4 Å². The van der Waals surface area contributed by atoms with Crippen LogP contribution in [0, 0.1) is 5.82 Å². The van der Waals surface area contributed by atoms with Gasteiger partial charge >= 0.3 is 6.09 Å². The zero-order valence-corrected chi connectivity index (χ0v) is 11.9. The van der Waals surface area contributed by atoms with E-state index in [-0.39, 0.29) is 18.7 Å². The topological polar surface area (TPSA) is 63.7 Å². The number of benzene rings is 1. The minimum absolute atomic E-state index is 0.133. The smallest absolute Gasteiger partial charge is 0.417 e. The molecule has 1 heterocycles. The Morgan fingerprint density at radius 2 is 1.86 bits per heavy atom. The molecule has 0 aliphatic carbocycles. The summed E-state index contributed by atoms with van der Waals surface area (Å²) in [6.07, 6.45) is -0.171. The number of amides is 2. The first-order valence-corrected chi connectivity index (χ1v) is 6.65. The molecule has 2 amide bonds. The van der Waals surface area contributed by atoms with Crippen LogP contribution in [0.15, 0.2) is 24.3 Å². The number of carbonyl (C=O) groups excluding carboxylic acids is 3. The second kappa shape index (κ2) is 5.63. The molecule has 0 aromatic heterocycles. The van der Waals surface area contributed by atoms with Crippen molar-refractivity contribution in [1.29, 1.82) is 0 Å². The fourth-order valence-corrected chi connectivity index (χ4v) is 2.10. The minimum atomic E-state index is -1.14. The fraction of sp³-hybridized carbons (Fsp3) is 0.400. The number of cyclic esters (lactones) is 1. The quantitative estimate of drug-likeness (QED) is 0.783. The highest BCUT2D eigenvalue weighted by Crippen LogP contribution is 2.23. The number of ether oxygens (including phenoxy) is 1. The van der Waals surface area contributed by atoms with Gasteiger partial charge in [-0.25, -0.2) is 14.1 Å². The van der Waals surface area contributed by atoms with Gasteiger partial charge in [-0.2, -0.15) is 0 Å². The third kappa shape index (κ3) is 3.26. The van der Waals surface area contributed by atoms with E-state index in [0.717, 1.165) is 4.90 Å².